The van der Waals surface area contributed by atoms with Crippen LogP contribution in [0.15, 0.2) is 60.9 Å². The molecule has 0 saturated heterocycles. The fourth-order valence-corrected chi connectivity index (χ4v) is 4.15. The Morgan fingerprint density at radius 1 is 1.07 bits per heavy atom. The van der Waals surface area contributed by atoms with Crippen molar-refractivity contribution in [1.82, 2.24) is 15.3 Å². The van der Waals surface area contributed by atoms with Gasteiger partial charge in [0, 0.05) is 24.5 Å². The zero-order valence-corrected chi connectivity index (χ0v) is 15.1. The molecule has 6 heteroatoms. The second-order valence-electron chi connectivity index (χ2n) is 7.30. The van der Waals surface area contributed by atoms with Crippen LogP contribution in [0.5, 0.6) is 0 Å². The van der Waals surface area contributed by atoms with Crippen LogP contribution in [-0.4, -0.2) is 21.8 Å². The highest BCUT2D eigenvalue weighted by atomic mass is 16.2. The number of carbonyl (C=O) groups is 2. The molecule has 2 amide bonds. The van der Waals surface area contributed by atoms with Crippen LogP contribution < -0.4 is 10.6 Å². The summed E-state index contributed by atoms with van der Waals surface area (Å²) in [4.78, 5) is 33.9. The first-order valence-electron chi connectivity index (χ1n) is 9.23. The predicted octanol–water partition coefficient (Wildman–Crippen LogP) is 2.40. The lowest BCUT2D eigenvalue weighted by Gasteiger charge is -2.20. The molecule has 2 N–H and O–H groups in total. The molecule has 1 atom stereocenters. The maximum Gasteiger partial charge on any atom is 0.270 e. The maximum absolute atomic E-state index is 12.8. The second-order valence-corrected chi connectivity index (χ2v) is 7.30. The van der Waals surface area contributed by atoms with Gasteiger partial charge in [-0.15, -0.1) is 0 Å². The van der Waals surface area contributed by atoms with E-state index in [9.17, 15) is 9.59 Å². The Hall–Kier alpha value is -3.54. The van der Waals surface area contributed by atoms with Gasteiger partial charge in [0.15, 0.2) is 0 Å². The molecule has 0 radical (unpaired) electrons. The number of pyridine rings is 2. The first kappa shape index (κ1) is 16.6. The van der Waals surface area contributed by atoms with Crippen LogP contribution in [0.25, 0.3) is 0 Å². The van der Waals surface area contributed by atoms with E-state index in [1.165, 1.54) is 0 Å². The van der Waals surface area contributed by atoms with Crippen molar-refractivity contribution in [2.45, 2.75) is 24.8 Å². The zero-order valence-electron chi connectivity index (χ0n) is 15.1. The van der Waals surface area contributed by atoms with Gasteiger partial charge in [0.1, 0.15) is 11.5 Å². The Balaban J connectivity index is 1.38. The van der Waals surface area contributed by atoms with E-state index in [1.54, 1.807) is 12.4 Å². The molecule has 0 bridgehead atoms. The minimum atomic E-state index is -0.646. The minimum absolute atomic E-state index is 0.0347. The lowest BCUT2D eigenvalue weighted by Crippen LogP contribution is -2.35. The average molecular weight is 370 g/mol. The third-order valence-electron chi connectivity index (χ3n) is 5.59. The van der Waals surface area contributed by atoms with Crippen molar-refractivity contribution in [1.29, 1.82) is 0 Å². The molecule has 138 valence electrons. The van der Waals surface area contributed by atoms with Crippen molar-refractivity contribution in [2.75, 3.05) is 5.32 Å². The summed E-state index contributed by atoms with van der Waals surface area (Å²) in [6.07, 6.45) is 4.53. The van der Waals surface area contributed by atoms with E-state index in [-0.39, 0.29) is 11.8 Å². The lowest BCUT2D eigenvalue weighted by molar-refractivity contribution is -0.120. The van der Waals surface area contributed by atoms with Crippen molar-refractivity contribution in [3.05, 3.63) is 88.9 Å². The molecule has 3 aromatic rings. The van der Waals surface area contributed by atoms with Crippen molar-refractivity contribution in [3.8, 4) is 0 Å². The van der Waals surface area contributed by atoms with Gasteiger partial charge in [-0.25, -0.2) is 4.98 Å². The van der Waals surface area contributed by atoms with Crippen LogP contribution in [0, 0.1) is 0 Å². The number of amides is 2. The highest BCUT2D eigenvalue weighted by Gasteiger charge is 2.51. The summed E-state index contributed by atoms with van der Waals surface area (Å²) in [7, 11) is 0. The molecular weight excluding hydrogens is 352 g/mol. The molecule has 1 aromatic carbocycles. The highest BCUT2D eigenvalue weighted by molar-refractivity contribution is 6.06. The molecule has 1 spiro atoms. The summed E-state index contributed by atoms with van der Waals surface area (Å²) in [5.41, 5.74) is 3.68. The summed E-state index contributed by atoms with van der Waals surface area (Å²) in [5, 5.41) is 5.79. The average Bonchev–Trinajstić information content (AvgIpc) is 3.24. The van der Waals surface area contributed by atoms with Gasteiger partial charge in [0.05, 0.1) is 5.41 Å². The van der Waals surface area contributed by atoms with Crippen molar-refractivity contribution in [2.24, 2.45) is 0 Å². The fourth-order valence-electron chi connectivity index (χ4n) is 4.15. The zero-order chi connectivity index (χ0) is 19.1. The van der Waals surface area contributed by atoms with Crippen LogP contribution in [0.4, 0.5) is 5.82 Å². The Morgan fingerprint density at radius 3 is 2.75 bits per heavy atom. The molecule has 1 aliphatic heterocycles. The van der Waals surface area contributed by atoms with Gasteiger partial charge >= 0.3 is 0 Å². The predicted molar refractivity (Wildman–Crippen MR) is 104 cm³/mol. The number of nitrogens with one attached hydrogen (secondary N) is 2. The third-order valence-corrected chi connectivity index (χ3v) is 5.59. The summed E-state index contributed by atoms with van der Waals surface area (Å²) >= 11 is 0. The maximum atomic E-state index is 12.8. The molecule has 3 heterocycles. The monoisotopic (exact) mass is 370 g/mol. The van der Waals surface area contributed by atoms with Crippen molar-refractivity contribution in [3.63, 3.8) is 0 Å². The minimum Gasteiger partial charge on any atom is -0.347 e. The van der Waals surface area contributed by atoms with Gasteiger partial charge in [-0.05, 0) is 41.7 Å². The van der Waals surface area contributed by atoms with E-state index in [0.29, 0.717) is 30.9 Å². The number of nitrogens with zero attached hydrogens (tertiary/aromatic N) is 2. The van der Waals surface area contributed by atoms with E-state index in [2.05, 4.69) is 20.6 Å². The first-order chi connectivity index (χ1) is 13.7. The van der Waals surface area contributed by atoms with Crippen LogP contribution in [0.1, 0.15) is 32.7 Å². The quantitative estimate of drug-likeness (QED) is 0.742. The number of carbonyl (C=O) groups excluding carboxylic acids is 2. The van der Waals surface area contributed by atoms with Crippen molar-refractivity contribution >= 4 is 17.6 Å². The summed E-state index contributed by atoms with van der Waals surface area (Å²) in [5.74, 6) is 0.382. The number of hydrogen-bond donors (Lipinski definition) is 2. The number of aromatic nitrogens is 2. The van der Waals surface area contributed by atoms with Crippen molar-refractivity contribution < 1.29 is 9.59 Å². The van der Waals surface area contributed by atoms with Gasteiger partial charge in [-0.2, -0.15) is 0 Å². The van der Waals surface area contributed by atoms with Gasteiger partial charge in [-0.1, -0.05) is 36.4 Å². The normalized spacial score (nSPS) is 19.2. The topological polar surface area (TPSA) is 84.0 Å². The number of anilines is 1. The van der Waals surface area contributed by atoms with Gasteiger partial charge in [0.25, 0.3) is 5.91 Å². The van der Waals surface area contributed by atoms with E-state index < -0.39 is 5.41 Å². The summed E-state index contributed by atoms with van der Waals surface area (Å²) in [6, 6.07) is 15.4. The second kappa shape index (κ2) is 6.27. The van der Waals surface area contributed by atoms with E-state index in [0.717, 1.165) is 22.3 Å². The van der Waals surface area contributed by atoms with Crippen LogP contribution in [0.3, 0.4) is 0 Å². The van der Waals surface area contributed by atoms with E-state index >= 15 is 0 Å². The molecule has 1 aliphatic carbocycles. The number of hydrogen-bond acceptors (Lipinski definition) is 4. The molecule has 28 heavy (non-hydrogen) atoms. The largest absolute Gasteiger partial charge is 0.347 e. The third kappa shape index (κ3) is 2.57. The molecule has 0 fully saturated rings. The first-order valence-corrected chi connectivity index (χ1v) is 9.23. The SMILES string of the molecule is O=C(NCc1ccccc1)c1cc2c(cn1)CC1(C2)C(=O)Nc2ncccc21. The Bertz CT molecular complexity index is 1100. The molecule has 5 rings (SSSR count). The number of benzene rings is 1. The van der Waals surface area contributed by atoms with E-state index in [1.807, 2.05) is 48.5 Å². The van der Waals surface area contributed by atoms with Gasteiger partial charge in [-0.3, -0.25) is 14.6 Å². The Kier molecular flexibility index (Phi) is 3.72. The smallest absolute Gasteiger partial charge is 0.270 e. The van der Waals surface area contributed by atoms with Crippen LogP contribution in [0.2, 0.25) is 0 Å². The highest BCUT2D eigenvalue weighted by Crippen LogP contribution is 2.46. The lowest BCUT2D eigenvalue weighted by atomic mass is 9.79. The van der Waals surface area contributed by atoms with Crippen LogP contribution >= 0.6 is 0 Å². The molecule has 2 aliphatic rings. The molecular formula is C22H18N4O2. The Labute approximate surface area is 162 Å². The summed E-state index contributed by atoms with van der Waals surface area (Å²) < 4.78 is 0. The number of rotatable bonds is 3. The van der Waals surface area contributed by atoms with Gasteiger partial charge in [0.2, 0.25) is 5.91 Å². The van der Waals surface area contributed by atoms with Crippen LogP contribution in [-0.2, 0) is 29.6 Å². The standard InChI is InChI=1S/C22H18N4O2/c27-20(25-12-14-5-2-1-3-6-14)18-9-15-10-22(11-16(15)13-24-18)17-7-4-8-23-19(17)26-21(22)28/h1-9,13H,10-12H2,(H,25,27)(H,23,26,28). The Morgan fingerprint density at radius 2 is 1.89 bits per heavy atom. The fraction of sp³-hybridized carbons (Fsp3) is 0.182. The van der Waals surface area contributed by atoms with Gasteiger partial charge < -0.3 is 10.6 Å². The molecule has 2 aromatic heterocycles. The van der Waals surface area contributed by atoms with E-state index in [4.69, 9.17) is 0 Å². The molecule has 0 saturated carbocycles. The molecule has 1 unspecified atom stereocenters. The number of fused-ring (bicyclic) bond motifs is 3. The summed E-state index contributed by atoms with van der Waals surface area (Å²) in [6.45, 7) is 0.448. The molecule has 6 nitrogen and oxygen atoms in total.